The Kier molecular flexibility index (Phi) is 10.8. The van der Waals surface area contributed by atoms with Crippen molar-refractivity contribution in [2.24, 2.45) is 0 Å². The Morgan fingerprint density at radius 2 is 1.73 bits per heavy atom. The van der Waals surface area contributed by atoms with Gasteiger partial charge in [0, 0.05) is 18.3 Å². The van der Waals surface area contributed by atoms with Crippen molar-refractivity contribution in [2.75, 3.05) is 18.5 Å². The molecule has 5 nitrogen and oxygen atoms in total. The summed E-state index contributed by atoms with van der Waals surface area (Å²) in [6.07, 6.45) is 6.21. The smallest absolute Gasteiger partial charge is 0.238 e. The van der Waals surface area contributed by atoms with Crippen molar-refractivity contribution in [3.05, 3.63) is 54.1 Å². The molecule has 0 bridgehead atoms. The van der Waals surface area contributed by atoms with E-state index in [1.54, 1.807) is 0 Å². The van der Waals surface area contributed by atoms with Crippen LogP contribution in [0, 0.1) is 0 Å². The van der Waals surface area contributed by atoms with Crippen molar-refractivity contribution in [1.82, 2.24) is 5.32 Å². The molecule has 0 radical (unpaired) electrons. The van der Waals surface area contributed by atoms with Crippen LogP contribution in [0.2, 0.25) is 0 Å². The summed E-state index contributed by atoms with van der Waals surface area (Å²) in [7, 11) is 0. The number of unbranched alkanes of at least 4 members (excludes halogenated alkanes) is 4. The molecule has 2 aromatic carbocycles. The van der Waals surface area contributed by atoms with Gasteiger partial charge in [-0.05, 0) is 50.1 Å². The molecule has 0 atom stereocenters. The van der Waals surface area contributed by atoms with E-state index >= 15 is 0 Å². The van der Waals surface area contributed by atoms with Gasteiger partial charge in [-0.15, -0.1) is 0 Å². The Hall–Kier alpha value is -2.53. The molecule has 164 valence electrons. The fourth-order valence-corrected chi connectivity index (χ4v) is 3.04. The number of amides is 1. The van der Waals surface area contributed by atoms with E-state index in [-0.39, 0.29) is 18.6 Å². The number of hydrogen-bond donors (Lipinski definition) is 2. The second-order valence-corrected chi connectivity index (χ2v) is 7.75. The minimum absolute atomic E-state index is 0.0773. The first-order valence-electron chi connectivity index (χ1n) is 11.1. The van der Waals surface area contributed by atoms with Gasteiger partial charge in [-0.1, -0.05) is 50.8 Å². The third-order valence-corrected chi connectivity index (χ3v) is 4.54. The summed E-state index contributed by atoms with van der Waals surface area (Å²) in [5.74, 6) is 1.57. The molecule has 0 unspecified atom stereocenters. The van der Waals surface area contributed by atoms with Crippen molar-refractivity contribution in [2.45, 2.75) is 65.5 Å². The highest BCUT2D eigenvalue weighted by molar-refractivity contribution is 5.92. The molecule has 2 N–H and O–H groups in total. The van der Waals surface area contributed by atoms with Crippen molar-refractivity contribution < 1.29 is 14.3 Å². The molecule has 5 heteroatoms. The van der Waals surface area contributed by atoms with Crippen LogP contribution in [0.15, 0.2) is 48.5 Å². The molecule has 0 saturated heterocycles. The van der Waals surface area contributed by atoms with E-state index in [9.17, 15) is 4.79 Å². The highest BCUT2D eigenvalue weighted by Crippen LogP contribution is 2.18. The van der Waals surface area contributed by atoms with Crippen molar-refractivity contribution >= 4 is 11.6 Å². The number of benzene rings is 2. The Morgan fingerprint density at radius 3 is 2.47 bits per heavy atom. The zero-order valence-electron chi connectivity index (χ0n) is 18.6. The third kappa shape index (κ3) is 9.79. The molecule has 30 heavy (non-hydrogen) atoms. The lowest BCUT2D eigenvalue weighted by molar-refractivity contribution is -0.115. The molecular formula is C25H36N2O3. The van der Waals surface area contributed by atoms with Gasteiger partial charge >= 0.3 is 0 Å². The maximum absolute atomic E-state index is 12.2. The second kappa shape index (κ2) is 13.6. The van der Waals surface area contributed by atoms with Gasteiger partial charge in [0.05, 0.1) is 19.3 Å². The van der Waals surface area contributed by atoms with E-state index < -0.39 is 0 Å². The maximum Gasteiger partial charge on any atom is 0.238 e. The van der Waals surface area contributed by atoms with E-state index in [4.69, 9.17) is 9.47 Å². The number of nitrogens with one attached hydrogen (secondary N) is 2. The van der Waals surface area contributed by atoms with E-state index in [2.05, 4.69) is 17.6 Å². The molecule has 0 aromatic heterocycles. The van der Waals surface area contributed by atoms with E-state index in [0.29, 0.717) is 13.2 Å². The minimum Gasteiger partial charge on any atom is -0.494 e. The fraction of sp³-hybridized carbons (Fsp3) is 0.480. The predicted molar refractivity (Wildman–Crippen MR) is 123 cm³/mol. The van der Waals surface area contributed by atoms with Gasteiger partial charge in [0.15, 0.2) is 0 Å². The highest BCUT2D eigenvalue weighted by atomic mass is 16.5. The van der Waals surface area contributed by atoms with Crippen LogP contribution in [0.5, 0.6) is 11.5 Å². The van der Waals surface area contributed by atoms with Crippen LogP contribution in [-0.2, 0) is 11.3 Å². The SMILES string of the molecule is CCCCCCCOc1cccc(NC(=O)CNCc2ccc(OC(C)C)cc2)c1. The lowest BCUT2D eigenvalue weighted by Gasteiger charge is -2.11. The summed E-state index contributed by atoms with van der Waals surface area (Å²) in [6, 6.07) is 15.5. The van der Waals surface area contributed by atoms with Crippen molar-refractivity contribution in [3.8, 4) is 11.5 Å². The van der Waals surface area contributed by atoms with Crippen LogP contribution in [0.25, 0.3) is 0 Å². The molecule has 2 rings (SSSR count). The van der Waals surface area contributed by atoms with Crippen LogP contribution in [0.3, 0.4) is 0 Å². The normalized spacial score (nSPS) is 10.8. The van der Waals surface area contributed by atoms with Gasteiger partial charge in [-0.25, -0.2) is 0 Å². The lowest BCUT2D eigenvalue weighted by Crippen LogP contribution is -2.27. The van der Waals surface area contributed by atoms with Gasteiger partial charge < -0.3 is 20.1 Å². The van der Waals surface area contributed by atoms with Crippen molar-refractivity contribution in [3.63, 3.8) is 0 Å². The van der Waals surface area contributed by atoms with Gasteiger partial charge in [0.1, 0.15) is 11.5 Å². The number of anilines is 1. The summed E-state index contributed by atoms with van der Waals surface area (Å²) in [4.78, 5) is 12.2. The van der Waals surface area contributed by atoms with Gasteiger partial charge in [0.2, 0.25) is 5.91 Å². The lowest BCUT2D eigenvalue weighted by atomic mass is 10.2. The number of hydrogen-bond acceptors (Lipinski definition) is 4. The monoisotopic (exact) mass is 412 g/mol. The molecule has 0 saturated carbocycles. The van der Waals surface area contributed by atoms with Gasteiger partial charge in [-0.3, -0.25) is 4.79 Å². The Morgan fingerprint density at radius 1 is 0.967 bits per heavy atom. The summed E-state index contributed by atoms with van der Waals surface area (Å²) in [5.41, 5.74) is 1.86. The molecule has 0 fully saturated rings. The van der Waals surface area contributed by atoms with Crippen LogP contribution >= 0.6 is 0 Å². The average Bonchev–Trinajstić information content (AvgIpc) is 2.72. The van der Waals surface area contributed by atoms with Crippen molar-refractivity contribution in [1.29, 1.82) is 0 Å². The quantitative estimate of drug-likeness (QED) is 0.399. The predicted octanol–water partition coefficient (Wildman–Crippen LogP) is 5.55. The summed E-state index contributed by atoms with van der Waals surface area (Å²) in [5, 5.41) is 6.09. The molecule has 0 aliphatic carbocycles. The molecule has 1 amide bonds. The average molecular weight is 413 g/mol. The van der Waals surface area contributed by atoms with Crippen LogP contribution in [0.4, 0.5) is 5.69 Å². The zero-order chi connectivity index (χ0) is 21.6. The van der Waals surface area contributed by atoms with Gasteiger partial charge in [0.25, 0.3) is 0 Å². The van der Waals surface area contributed by atoms with E-state index in [0.717, 1.165) is 29.2 Å². The Labute approximate surface area is 181 Å². The number of rotatable bonds is 14. The Balaban J connectivity index is 1.68. The number of carbonyl (C=O) groups is 1. The first-order chi connectivity index (χ1) is 14.6. The Bertz CT molecular complexity index is 744. The topological polar surface area (TPSA) is 59.6 Å². The highest BCUT2D eigenvalue weighted by Gasteiger charge is 2.04. The van der Waals surface area contributed by atoms with Crippen LogP contribution in [0.1, 0.15) is 58.4 Å². The number of ether oxygens (including phenoxy) is 2. The van der Waals surface area contributed by atoms with E-state index in [1.165, 1.54) is 25.7 Å². The first kappa shape index (κ1) is 23.7. The molecule has 0 spiro atoms. The zero-order valence-corrected chi connectivity index (χ0v) is 18.6. The minimum atomic E-state index is -0.0773. The molecule has 0 aliphatic heterocycles. The molecule has 2 aromatic rings. The number of carbonyl (C=O) groups excluding carboxylic acids is 1. The molecule has 0 aliphatic rings. The van der Waals surface area contributed by atoms with Crippen LogP contribution in [-0.4, -0.2) is 25.2 Å². The maximum atomic E-state index is 12.2. The summed E-state index contributed by atoms with van der Waals surface area (Å²) in [6.45, 7) is 7.80. The first-order valence-corrected chi connectivity index (χ1v) is 11.1. The van der Waals surface area contributed by atoms with Crippen LogP contribution < -0.4 is 20.1 Å². The molecule has 0 heterocycles. The third-order valence-electron chi connectivity index (χ3n) is 4.54. The fourth-order valence-electron chi connectivity index (χ4n) is 3.04. The van der Waals surface area contributed by atoms with Gasteiger partial charge in [-0.2, -0.15) is 0 Å². The largest absolute Gasteiger partial charge is 0.494 e. The molecular weight excluding hydrogens is 376 g/mol. The standard InChI is InChI=1S/C25H36N2O3/c1-4-5-6-7-8-16-29-24-11-9-10-22(17-24)27-25(28)19-26-18-21-12-14-23(15-13-21)30-20(2)3/h9-15,17,20,26H,4-8,16,18-19H2,1-3H3,(H,27,28). The summed E-state index contributed by atoms with van der Waals surface area (Å²) >= 11 is 0. The second-order valence-electron chi connectivity index (χ2n) is 7.75. The van der Waals surface area contributed by atoms with E-state index in [1.807, 2.05) is 62.4 Å². The summed E-state index contributed by atoms with van der Waals surface area (Å²) < 4.78 is 11.4.